The highest BCUT2D eigenvalue weighted by molar-refractivity contribution is 9.10. The molecule has 2 nitrogen and oxygen atoms in total. The lowest BCUT2D eigenvalue weighted by molar-refractivity contribution is 0.103. The van der Waals surface area contributed by atoms with E-state index in [2.05, 4.69) is 15.9 Å². The van der Waals surface area contributed by atoms with E-state index in [1.807, 2.05) is 0 Å². The van der Waals surface area contributed by atoms with Crippen molar-refractivity contribution in [2.24, 2.45) is 0 Å². The van der Waals surface area contributed by atoms with E-state index in [1.165, 1.54) is 12.1 Å². The predicted molar refractivity (Wildman–Crippen MR) is 68.3 cm³/mol. The number of ketones is 1. The van der Waals surface area contributed by atoms with E-state index in [0.29, 0.717) is 16.2 Å². The van der Waals surface area contributed by atoms with Crippen molar-refractivity contribution in [3.63, 3.8) is 0 Å². The molecule has 98 valence electrons. The van der Waals surface area contributed by atoms with Gasteiger partial charge in [-0.1, -0.05) is 15.9 Å². The van der Waals surface area contributed by atoms with E-state index >= 15 is 0 Å². The van der Waals surface area contributed by atoms with Crippen LogP contribution in [-0.2, 0) is 0 Å². The van der Waals surface area contributed by atoms with Crippen LogP contribution in [0.15, 0.2) is 34.8 Å². The Kier molecular flexibility index (Phi) is 3.61. The maximum atomic E-state index is 13.5. The number of carbonyl (C=O) groups is 1. The first-order chi connectivity index (χ1) is 8.91. The number of halogens is 4. The highest BCUT2D eigenvalue weighted by atomic mass is 79.9. The molecule has 0 saturated carbocycles. The topological polar surface area (TPSA) is 43.1 Å². The molecule has 6 heteroatoms. The summed E-state index contributed by atoms with van der Waals surface area (Å²) >= 11 is 3.12. The molecule has 2 rings (SSSR count). The van der Waals surface area contributed by atoms with E-state index in [1.54, 1.807) is 6.07 Å². The van der Waals surface area contributed by atoms with Gasteiger partial charge in [0.1, 0.15) is 0 Å². The Bertz CT molecular complexity index is 673. The minimum absolute atomic E-state index is 0.0740. The summed E-state index contributed by atoms with van der Waals surface area (Å²) in [5, 5.41) is 0. The molecular formula is C13H7BrF3NO. The molecule has 0 amide bonds. The van der Waals surface area contributed by atoms with Gasteiger partial charge >= 0.3 is 0 Å². The predicted octanol–water partition coefficient (Wildman–Crippen LogP) is 3.68. The number of nitrogens with two attached hydrogens (primary N) is 1. The second kappa shape index (κ2) is 5.05. The standard InChI is InChI=1S/C13H7BrF3NO/c14-9-3-1-6(18)5-8(9)13(19)7-2-4-10(15)12(17)11(7)16/h1-5H,18H2. The fourth-order valence-electron chi connectivity index (χ4n) is 1.56. The molecule has 0 aliphatic heterocycles. The SMILES string of the molecule is Nc1ccc(Br)c(C(=O)c2ccc(F)c(F)c2F)c1. The van der Waals surface area contributed by atoms with Crippen LogP contribution in [0.3, 0.4) is 0 Å². The molecule has 2 aromatic rings. The lowest BCUT2D eigenvalue weighted by atomic mass is 10.0. The third-order valence-corrected chi connectivity index (χ3v) is 3.21. The summed E-state index contributed by atoms with van der Waals surface area (Å²) < 4.78 is 39.9. The second-order valence-electron chi connectivity index (χ2n) is 3.79. The maximum absolute atomic E-state index is 13.5. The molecule has 0 aromatic heterocycles. The van der Waals surface area contributed by atoms with Gasteiger partial charge in [-0.3, -0.25) is 4.79 Å². The zero-order chi connectivity index (χ0) is 14.2. The molecule has 0 aliphatic rings. The number of nitrogen functional groups attached to an aromatic ring is 1. The summed E-state index contributed by atoms with van der Waals surface area (Å²) in [6.07, 6.45) is 0. The van der Waals surface area contributed by atoms with Gasteiger partial charge in [0.05, 0.1) is 5.56 Å². The van der Waals surface area contributed by atoms with Crippen molar-refractivity contribution in [2.45, 2.75) is 0 Å². The third-order valence-electron chi connectivity index (χ3n) is 2.51. The first-order valence-corrected chi connectivity index (χ1v) is 5.94. The van der Waals surface area contributed by atoms with Crippen molar-refractivity contribution in [3.05, 3.63) is 63.4 Å². The van der Waals surface area contributed by atoms with Gasteiger partial charge in [-0.15, -0.1) is 0 Å². The van der Waals surface area contributed by atoms with Crippen molar-refractivity contribution in [1.29, 1.82) is 0 Å². The van der Waals surface area contributed by atoms with Gasteiger partial charge in [0.15, 0.2) is 23.2 Å². The first-order valence-electron chi connectivity index (χ1n) is 5.15. The molecule has 0 fully saturated rings. The molecule has 0 aliphatic carbocycles. The smallest absolute Gasteiger partial charge is 0.197 e. The minimum atomic E-state index is -1.68. The Morgan fingerprint density at radius 3 is 2.37 bits per heavy atom. The summed E-state index contributed by atoms with van der Waals surface area (Å²) in [5.74, 6) is -5.32. The fraction of sp³-hybridized carbons (Fsp3) is 0. The summed E-state index contributed by atoms with van der Waals surface area (Å²) in [4.78, 5) is 12.1. The quantitative estimate of drug-likeness (QED) is 0.519. The van der Waals surface area contributed by atoms with Gasteiger partial charge in [0.2, 0.25) is 0 Å². The lowest BCUT2D eigenvalue weighted by Gasteiger charge is -2.07. The Hall–Kier alpha value is -1.82. The van der Waals surface area contributed by atoms with E-state index in [4.69, 9.17) is 5.73 Å². The van der Waals surface area contributed by atoms with Crippen LogP contribution in [0.4, 0.5) is 18.9 Å². The molecule has 0 radical (unpaired) electrons. The number of hydrogen-bond donors (Lipinski definition) is 1. The number of hydrogen-bond acceptors (Lipinski definition) is 2. The molecule has 19 heavy (non-hydrogen) atoms. The van der Waals surface area contributed by atoms with Crippen LogP contribution >= 0.6 is 15.9 Å². The van der Waals surface area contributed by atoms with Crippen LogP contribution in [0, 0.1) is 17.5 Å². The van der Waals surface area contributed by atoms with Gasteiger partial charge < -0.3 is 5.73 Å². The molecule has 0 unspecified atom stereocenters. The van der Waals surface area contributed by atoms with Crippen molar-refractivity contribution < 1.29 is 18.0 Å². The Labute approximate surface area is 115 Å². The molecule has 2 N–H and O–H groups in total. The van der Waals surface area contributed by atoms with Crippen molar-refractivity contribution in [1.82, 2.24) is 0 Å². The fourth-order valence-corrected chi connectivity index (χ4v) is 1.99. The van der Waals surface area contributed by atoms with Gasteiger partial charge in [-0.25, -0.2) is 13.2 Å². The lowest BCUT2D eigenvalue weighted by Crippen LogP contribution is -2.08. The summed E-state index contributed by atoms with van der Waals surface area (Å²) in [7, 11) is 0. The normalized spacial score (nSPS) is 10.5. The Morgan fingerprint density at radius 1 is 1.00 bits per heavy atom. The minimum Gasteiger partial charge on any atom is -0.399 e. The van der Waals surface area contributed by atoms with E-state index in [0.717, 1.165) is 6.07 Å². The largest absolute Gasteiger partial charge is 0.399 e. The molecular weight excluding hydrogens is 323 g/mol. The summed E-state index contributed by atoms with van der Waals surface area (Å²) in [6.45, 7) is 0. The number of benzene rings is 2. The number of anilines is 1. The van der Waals surface area contributed by atoms with Crippen LogP contribution in [-0.4, -0.2) is 5.78 Å². The highest BCUT2D eigenvalue weighted by Gasteiger charge is 2.21. The molecule has 0 spiro atoms. The number of carbonyl (C=O) groups excluding carboxylic acids is 1. The van der Waals surface area contributed by atoms with Gasteiger partial charge in [0.25, 0.3) is 0 Å². The van der Waals surface area contributed by atoms with E-state index < -0.39 is 28.8 Å². The first kappa shape index (κ1) is 13.6. The average molecular weight is 330 g/mol. The van der Waals surface area contributed by atoms with Gasteiger partial charge in [-0.2, -0.15) is 0 Å². The van der Waals surface area contributed by atoms with Crippen LogP contribution in [0.1, 0.15) is 15.9 Å². The molecule has 2 aromatic carbocycles. The Balaban J connectivity index is 2.56. The second-order valence-corrected chi connectivity index (χ2v) is 4.65. The molecule has 0 bridgehead atoms. The Morgan fingerprint density at radius 2 is 1.68 bits per heavy atom. The van der Waals surface area contributed by atoms with Gasteiger partial charge in [0, 0.05) is 15.7 Å². The van der Waals surface area contributed by atoms with Crippen LogP contribution in [0.5, 0.6) is 0 Å². The van der Waals surface area contributed by atoms with E-state index in [-0.39, 0.29) is 5.56 Å². The molecule has 0 saturated heterocycles. The van der Waals surface area contributed by atoms with Crippen molar-refractivity contribution in [3.8, 4) is 0 Å². The summed E-state index contributed by atoms with van der Waals surface area (Å²) in [6, 6.07) is 5.98. The van der Waals surface area contributed by atoms with Crippen molar-refractivity contribution >= 4 is 27.4 Å². The molecule has 0 atom stereocenters. The van der Waals surface area contributed by atoms with Crippen LogP contribution in [0.25, 0.3) is 0 Å². The highest BCUT2D eigenvalue weighted by Crippen LogP contribution is 2.25. The zero-order valence-corrected chi connectivity index (χ0v) is 11.0. The number of rotatable bonds is 2. The zero-order valence-electron chi connectivity index (χ0n) is 9.38. The maximum Gasteiger partial charge on any atom is 0.197 e. The monoisotopic (exact) mass is 329 g/mol. The van der Waals surface area contributed by atoms with E-state index in [9.17, 15) is 18.0 Å². The van der Waals surface area contributed by atoms with Crippen LogP contribution < -0.4 is 5.73 Å². The van der Waals surface area contributed by atoms with Gasteiger partial charge in [-0.05, 0) is 30.3 Å². The van der Waals surface area contributed by atoms with Crippen LogP contribution in [0.2, 0.25) is 0 Å². The third kappa shape index (κ3) is 2.49. The molecule has 0 heterocycles. The average Bonchev–Trinajstić information content (AvgIpc) is 2.38. The summed E-state index contributed by atoms with van der Waals surface area (Å²) in [5.41, 5.74) is 5.36. The van der Waals surface area contributed by atoms with Crippen molar-refractivity contribution in [2.75, 3.05) is 5.73 Å².